The Balaban J connectivity index is 2.37. The highest BCUT2D eigenvalue weighted by Crippen LogP contribution is 2.26. The van der Waals surface area contributed by atoms with Gasteiger partial charge in [-0.15, -0.1) is 0 Å². The number of furan rings is 1. The van der Waals surface area contributed by atoms with E-state index >= 15 is 0 Å². The van der Waals surface area contributed by atoms with Crippen molar-refractivity contribution in [2.24, 2.45) is 0 Å². The lowest BCUT2D eigenvalue weighted by Crippen LogP contribution is -1.98. The molecule has 0 unspecified atom stereocenters. The van der Waals surface area contributed by atoms with Crippen LogP contribution in [0.4, 0.5) is 4.39 Å². The third-order valence-electron chi connectivity index (χ3n) is 2.23. The Hall–Kier alpha value is -1.32. The number of hydrogen-bond acceptors (Lipinski definition) is 2. The first-order valence-electron chi connectivity index (χ1n) is 4.76. The van der Waals surface area contributed by atoms with Crippen molar-refractivity contribution >= 4 is 11.6 Å². The standard InChI is InChI=1S/C12H10ClFO2/c1-7-2-3-11(16-7)12(15)8-4-9(13)6-10(14)5-8/h2-6,12,15H,1H3/t12-/m0/s1. The van der Waals surface area contributed by atoms with Crippen molar-refractivity contribution in [3.8, 4) is 0 Å². The van der Waals surface area contributed by atoms with Crippen molar-refractivity contribution in [1.82, 2.24) is 0 Å². The molecule has 0 aliphatic heterocycles. The molecule has 2 nitrogen and oxygen atoms in total. The van der Waals surface area contributed by atoms with Gasteiger partial charge in [0, 0.05) is 5.02 Å². The maximum atomic E-state index is 13.1. The van der Waals surface area contributed by atoms with E-state index in [0.717, 1.165) is 0 Å². The lowest BCUT2D eigenvalue weighted by atomic mass is 10.1. The van der Waals surface area contributed by atoms with Crippen LogP contribution in [0.25, 0.3) is 0 Å². The monoisotopic (exact) mass is 240 g/mol. The van der Waals surface area contributed by atoms with Crippen molar-refractivity contribution in [3.05, 3.63) is 58.3 Å². The molecular weight excluding hydrogens is 231 g/mol. The molecule has 0 amide bonds. The number of aliphatic hydroxyl groups excluding tert-OH is 1. The normalized spacial score (nSPS) is 12.8. The molecule has 0 aliphatic rings. The molecule has 1 atom stereocenters. The van der Waals surface area contributed by atoms with Crippen molar-refractivity contribution in [2.75, 3.05) is 0 Å². The van der Waals surface area contributed by atoms with Crippen molar-refractivity contribution < 1.29 is 13.9 Å². The van der Waals surface area contributed by atoms with E-state index in [2.05, 4.69) is 0 Å². The van der Waals surface area contributed by atoms with Crippen molar-refractivity contribution in [2.45, 2.75) is 13.0 Å². The zero-order chi connectivity index (χ0) is 11.7. The first-order valence-corrected chi connectivity index (χ1v) is 5.14. The number of benzene rings is 1. The van der Waals surface area contributed by atoms with Gasteiger partial charge in [0.15, 0.2) is 0 Å². The van der Waals surface area contributed by atoms with E-state index in [0.29, 0.717) is 17.1 Å². The topological polar surface area (TPSA) is 33.4 Å². The Morgan fingerprint density at radius 3 is 2.62 bits per heavy atom. The van der Waals surface area contributed by atoms with Crippen LogP contribution in [-0.2, 0) is 0 Å². The highest BCUT2D eigenvalue weighted by molar-refractivity contribution is 6.30. The van der Waals surface area contributed by atoms with Crippen LogP contribution in [0.5, 0.6) is 0 Å². The molecule has 0 aliphatic carbocycles. The number of hydrogen-bond donors (Lipinski definition) is 1. The summed E-state index contributed by atoms with van der Waals surface area (Å²) in [7, 11) is 0. The van der Waals surface area contributed by atoms with E-state index in [-0.39, 0.29) is 5.02 Å². The smallest absolute Gasteiger partial charge is 0.137 e. The van der Waals surface area contributed by atoms with Gasteiger partial charge < -0.3 is 9.52 Å². The summed E-state index contributed by atoms with van der Waals surface area (Å²) in [6, 6.07) is 7.31. The summed E-state index contributed by atoms with van der Waals surface area (Å²) in [5, 5.41) is 10.2. The maximum absolute atomic E-state index is 13.1. The van der Waals surface area contributed by atoms with Gasteiger partial charge in [-0.1, -0.05) is 11.6 Å². The van der Waals surface area contributed by atoms with Crippen LogP contribution < -0.4 is 0 Å². The first kappa shape index (κ1) is 11.2. The molecule has 0 bridgehead atoms. The van der Waals surface area contributed by atoms with Gasteiger partial charge in [0.1, 0.15) is 23.4 Å². The third-order valence-corrected chi connectivity index (χ3v) is 2.45. The zero-order valence-corrected chi connectivity index (χ0v) is 9.33. The zero-order valence-electron chi connectivity index (χ0n) is 8.58. The molecule has 4 heteroatoms. The Morgan fingerprint density at radius 2 is 2.06 bits per heavy atom. The number of halogens is 2. The summed E-state index contributed by atoms with van der Waals surface area (Å²) in [5.74, 6) is 0.584. The molecule has 1 heterocycles. The van der Waals surface area contributed by atoms with Gasteiger partial charge in [-0.05, 0) is 42.8 Å². The second-order valence-corrected chi connectivity index (χ2v) is 3.99. The number of rotatable bonds is 2. The molecule has 0 fully saturated rings. The Kier molecular flexibility index (Phi) is 2.99. The van der Waals surface area contributed by atoms with Crippen LogP contribution in [0.2, 0.25) is 5.02 Å². The number of aryl methyl sites for hydroxylation is 1. The van der Waals surface area contributed by atoms with Gasteiger partial charge in [0.25, 0.3) is 0 Å². The van der Waals surface area contributed by atoms with E-state index in [4.69, 9.17) is 16.0 Å². The predicted octanol–water partition coefficient (Wildman–Crippen LogP) is 3.46. The molecule has 16 heavy (non-hydrogen) atoms. The molecule has 0 saturated heterocycles. The average molecular weight is 241 g/mol. The minimum atomic E-state index is -0.998. The minimum Gasteiger partial charge on any atom is -0.463 e. The van der Waals surface area contributed by atoms with Crippen LogP contribution >= 0.6 is 11.6 Å². The lowest BCUT2D eigenvalue weighted by Gasteiger charge is -2.08. The summed E-state index contributed by atoms with van der Waals surface area (Å²) < 4.78 is 18.3. The second-order valence-electron chi connectivity index (χ2n) is 3.55. The Bertz CT molecular complexity index is 487. The molecule has 0 saturated carbocycles. The predicted molar refractivity (Wildman–Crippen MR) is 58.9 cm³/mol. The quantitative estimate of drug-likeness (QED) is 0.872. The Labute approximate surface area is 97.3 Å². The summed E-state index contributed by atoms with van der Waals surface area (Å²) in [6.07, 6.45) is -0.998. The molecule has 84 valence electrons. The van der Waals surface area contributed by atoms with E-state index < -0.39 is 11.9 Å². The fourth-order valence-corrected chi connectivity index (χ4v) is 1.73. The molecule has 0 radical (unpaired) electrons. The highest BCUT2D eigenvalue weighted by Gasteiger charge is 2.15. The largest absolute Gasteiger partial charge is 0.463 e. The van der Waals surface area contributed by atoms with Gasteiger partial charge in [-0.2, -0.15) is 0 Å². The van der Waals surface area contributed by atoms with Crippen LogP contribution in [0.15, 0.2) is 34.7 Å². The van der Waals surface area contributed by atoms with Crippen molar-refractivity contribution in [1.29, 1.82) is 0 Å². The molecule has 2 rings (SSSR count). The van der Waals surface area contributed by atoms with Crippen LogP contribution in [0, 0.1) is 12.7 Å². The third kappa shape index (κ3) is 2.26. The SMILES string of the molecule is Cc1ccc([C@@H](O)c2cc(F)cc(Cl)c2)o1. The fourth-order valence-electron chi connectivity index (χ4n) is 1.50. The van der Waals surface area contributed by atoms with Crippen LogP contribution in [0.1, 0.15) is 23.2 Å². The molecule has 1 aromatic heterocycles. The van der Waals surface area contributed by atoms with E-state index in [1.165, 1.54) is 18.2 Å². The highest BCUT2D eigenvalue weighted by atomic mass is 35.5. The van der Waals surface area contributed by atoms with Gasteiger partial charge in [-0.3, -0.25) is 0 Å². The summed E-state index contributed by atoms with van der Waals surface area (Å²) >= 11 is 5.71. The molecule has 1 aromatic carbocycles. The fraction of sp³-hybridized carbons (Fsp3) is 0.167. The Morgan fingerprint density at radius 1 is 1.31 bits per heavy atom. The minimum absolute atomic E-state index is 0.248. The summed E-state index contributed by atoms with van der Waals surface area (Å²) in [4.78, 5) is 0. The van der Waals surface area contributed by atoms with Gasteiger partial charge in [0.2, 0.25) is 0 Å². The lowest BCUT2D eigenvalue weighted by molar-refractivity contribution is 0.187. The van der Waals surface area contributed by atoms with Crippen LogP contribution in [0.3, 0.4) is 0 Å². The van der Waals surface area contributed by atoms with E-state index in [1.54, 1.807) is 19.1 Å². The summed E-state index contributed by atoms with van der Waals surface area (Å²) in [5.41, 5.74) is 0.374. The summed E-state index contributed by atoms with van der Waals surface area (Å²) in [6.45, 7) is 1.77. The van der Waals surface area contributed by atoms with Gasteiger partial charge in [-0.25, -0.2) is 4.39 Å². The van der Waals surface area contributed by atoms with E-state index in [9.17, 15) is 9.50 Å². The maximum Gasteiger partial charge on any atom is 0.137 e. The first-order chi connectivity index (χ1) is 7.56. The molecule has 1 N–H and O–H groups in total. The molecule has 0 spiro atoms. The van der Waals surface area contributed by atoms with Crippen LogP contribution in [-0.4, -0.2) is 5.11 Å². The van der Waals surface area contributed by atoms with E-state index in [1.807, 2.05) is 0 Å². The molecular formula is C12H10ClFO2. The molecule has 2 aromatic rings. The average Bonchev–Trinajstić information content (AvgIpc) is 2.62. The van der Waals surface area contributed by atoms with Gasteiger partial charge >= 0.3 is 0 Å². The van der Waals surface area contributed by atoms with Crippen molar-refractivity contribution in [3.63, 3.8) is 0 Å². The number of aliphatic hydroxyl groups is 1. The second kappa shape index (κ2) is 4.28. The van der Waals surface area contributed by atoms with Gasteiger partial charge in [0.05, 0.1) is 0 Å².